The molecule has 0 radical (unpaired) electrons. The van der Waals surface area contributed by atoms with Crippen molar-refractivity contribution in [2.45, 2.75) is 38.1 Å². The summed E-state index contributed by atoms with van der Waals surface area (Å²) in [6.45, 7) is 0. The molecule has 1 aliphatic rings. The summed E-state index contributed by atoms with van der Waals surface area (Å²) in [6.07, 6.45) is 6.08. The van der Waals surface area contributed by atoms with Crippen LogP contribution in [0.25, 0.3) is 0 Å². The largest absolute Gasteiger partial charge is 0.496 e. The summed E-state index contributed by atoms with van der Waals surface area (Å²) in [7, 11) is 1.55. The highest BCUT2D eigenvalue weighted by Gasteiger charge is 2.22. The SMILES string of the molecule is COc1ccccc1C(=O)c1sc(NC2CCCCC2)nc1N. The van der Waals surface area contributed by atoms with Gasteiger partial charge in [-0.05, 0) is 25.0 Å². The maximum absolute atomic E-state index is 12.7. The van der Waals surface area contributed by atoms with Gasteiger partial charge in [0.25, 0.3) is 0 Å². The highest BCUT2D eigenvalue weighted by molar-refractivity contribution is 7.18. The predicted molar refractivity (Wildman–Crippen MR) is 93.4 cm³/mol. The van der Waals surface area contributed by atoms with Crippen molar-refractivity contribution in [2.75, 3.05) is 18.2 Å². The molecule has 0 aliphatic heterocycles. The number of anilines is 2. The third-order valence-corrected chi connectivity index (χ3v) is 5.15. The molecule has 0 atom stereocenters. The van der Waals surface area contributed by atoms with Crippen LogP contribution in [-0.4, -0.2) is 23.9 Å². The number of methoxy groups -OCH3 is 1. The van der Waals surface area contributed by atoms with E-state index in [4.69, 9.17) is 10.5 Å². The van der Waals surface area contributed by atoms with Crippen molar-refractivity contribution < 1.29 is 9.53 Å². The Morgan fingerprint density at radius 1 is 1.30 bits per heavy atom. The summed E-state index contributed by atoms with van der Waals surface area (Å²) in [5.41, 5.74) is 6.48. The number of carbonyl (C=O) groups is 1. The highest BCUT2D eigenvalue weighted by Crippen LogP contribution is 2.32. The van der Waals surface area contributed by atoms with Gasteiger partial charge in [-0.3, -0.25) is 4.79 Å². The van der Waals surface area contributed by atoms with Crippen molar-refractivity contribution in [3.05, 3.63) is 34.7 Å². The first kappa shape index (κ1) is 15.8. The van der Waals surface area contributed by atoms with Crippen LogP contribution >= 0.6 is 11.3 Å². The van der Waals surface area contributed by atoms with Crippen molar-refractivity contribution in [3.63, 3.8) is 0 Å². The Morgan fingerprint density at radius 3 is 2.78 bits per heavy atom. The Kier molecular flexibility index (Phi) is 4.81. The number of nitrogens with zero attached hydrogens (tertiary/aromatic N) is 1. The molecular formula is C17H21N3O2S. The molecule has 1 aliphatic carbocycles. The normalized spacial score (nSPS) is 15.3. The molecule has 23 heavy (non-hydrogen) atoms. The first-order valence-electron chi connectivity index (χ1n) is 7.89. The number of benzene rings is 1. The molecule has 3 N–H and O–H groups in total. The van der Waals surface area contributed by atoms with Gasteiger partial charge < -0.3 is 15.8 Å². The van der Waals surface area contributed by atoms with Crippen LogP contribution in [-0.2, 0) is 0 Å². The summed E-state index contributed by atoms with van der Waals surface area (Å²) in [4.78, 5) is 17.5. The Labute approximate surface area is 139 Å². The molecule has 1 aromatic carbocycles. The van der Waals surface area contributed by atoms with E-state index in [9.17, 15) is 4.79 Å². The monoisotopic (exact) mass is 331 g/mol. The van der Waals surface area contributed by atoms with Crippen LogP contribution in [0.4, 0.5) is 10.9 Å². The first-order chi connectivity index (χ1) is 11.2. The molecule has 1 saturated carbocycles. The second kappa shape index (κ2) is 7.00. The maximum atomic E-state index is 12.7. The van der Waals surface area contributed by atoms with Crippen molar-refractivity contribution in [3.8, 4) is 5.75 Å². The Bertz CT molecular complexity index is 693. The first-order valence-corrected chi connectivity index (χ1v) is 8.71. The van der Waals surface area contributed by atoms with Gasteiger partial charge in [0.2, 0.25) is 5.78 Å². The number of hydrogen-bond acceptors (Lipinski definition) is 6. The van der Waals surface area contributed by atoms with E-state index >= 15 is 0 Å². The Balaban J connectivity index is 1.81. The van der Waals surface area contributed by atoms with Gasteiger partial charge in [-0.15, -0.1) is 0 Å². The summed E-state index contributed by atoms with van der Waals surface area (Å²) in [6, 6.07) is 7.60. The Hall–Kier alpha value is -2.08. The van der Waals surface area contributed by atoms with E-state index in [1.807, 2.05) is 12.1 Å². The molecule has 0 spiro atoms. The number of carbonyl (C=O) groups excluding carboxylic acids is 1. The summed E-state index contributed by atoms with van der Waals surface area (Å²) in [5.74, 6) is 0.686. The summed E-state index contributed by atoms with van der Waals surface area (Å²) in [5, 5.41) is 4.15. The number of ether oxygens (including phenoxy) is 1. The van der Waals surface area contributed by atoms with Crippen LogP contribution < -0.4 is 15.8 Å². The average Bonchev–Trinajstić information content (AvgIpc) is 2.95. The van der Waals surface area contributed by atoms with Crippen LogP contribution in [0.3, 0.4) is 0 Å². The minimum Gasteiger partial charge on any atom is -0.496 e. The van der Waals surface area contributed by atoms with E-state index in [1.165, 1.54) is 30.6 Å². The van der Waals surface area contributed by atoms with Crippen molar-refractivity contribution in [2.24, 2.45) is 0 Å². The molecule has 3 rings (SSSR count). The highest BCUT2D eigenvalue weighted by atomic mass is 32.1. The molecule has 0 amide bonds. The molecule has 122 valence electrons. The zero-order valence-electron chi connectivity index (χ0n) is 13.2. The lowest BCUT2D eigenvalue weighted by Crippen LogP contribution is -2.22. The number of hydrogen-bond donors (Lipinski definition) is 2. The third-order valence-electron chi connectivity index (χ3n) is 4.14. The summed E-state index contributed by atoms with van der Waals surface area (Å²) < 4.78 is 5.26. The van der Waals surface area contributed by atoms with Gasteiger partial charge >= 0.3 is 0 Å². The predicted octanol–water partition coefficient (Wildman–Crippen LogP) is 3.71. The number of ketones is 1. The van der Waals surface area contributed by atoms with Crippen LogP contribution in [0, 0.1) is 0 Å². The average molecular weight is 331 g/mol. The van der Waals surface area contributed by atoms with Gasteiger partial charge in [-0.25, -0.2) is 4.98 Å². The van der Waals surface area contributed by atoms with Gasteiger partial charge in [0.05, 0.1) is 12.7 Å². The third kappa shape index (κ3) is 3.47. The minimum absolute atomic E-state index is 0.144. The molecule has 0 bridgehead atoms. The van der Waals surface area contributed by atoms with Crippen LogP contribution in [0.1, 0.15) is 47.3 Å². The molecule has 6 heteroatoms. The maximum Gasteiger partial charge on any atom is 0.210 e. The molecule has 0 unspecified atom stereocenters. The van der Waals surface area contributed by atoms with E-state index in [2.05, 4.69) is 10.3 Å². The molecular weight excluding hydrogens is 310 g/mol. The molecule has 1 aromatic heterocycles. The van der Waals surface area contributed by atoms with Gasteiger partial charge in [-0.2, -0.15) is 0 Å². The lowest BCUT2D eigenvalue weighted by Gasteiger charge is -2.22. The van der Waals surface area contributed by atoms with E-state index in [0.29, 0.717) is 22.2 Å². The number of nitrogen functional groups attached to an aromatic ring is 1. The zero-order valence-corrected chi connectivity index (χ0v) is 14.0. The van der Waals surface area contributed by atoms with E-state index in [-0.39, 0.29) is 11.6 Å². The standard InChI is InChI=1S/C17H21N3O2S/c1-22-13-10-6-5-9-12(13)14(21)15-16(18)20-17(23-15)19-11-7-3-2-4-8-11/h5-6,9-11H,2-4,7-8,18H2,1H3,(H,19,20). The minimum atomic E-state index is -0.144. The molecule has 1 heterocycles. The fourth-order valence-electron chi connectivity index (χ4n) is 2.93. The van der Waals surface area contributed by atoms with E-state index in [0.717, 1.165) is 18.0 Å². The van der Waals surface area contributed by atoms with Gasteiger partial charge in [0.1, 0.15) is 16.4 Å². The van der Waals surface area contributed by atoms with Gasteiger partial charge in [0.15, 0.2) is 5.13 Å². The van der Waals surface area contributed by atoms with Gasteiger partial charge in [-0.1, -0.05) is 42.7 Å². The van der Waals surface area contributed by atoms with Crippen LogP contribution in [0.15, 0.2) is 24.3 Å². The van der Waals surface area contributed by atoms with Crippen molar-refractivity contribution >= 4 is 28.1 Å². The number of nitrogens with two attached hydrogens (primary N) is 1. The van der Waals surface area contributed by atoms with Crippen molar-refractivity contribution in [1.29, 1.82) is 0 Å². The fraction of sp³-hybridized carbons (Fsp3) is 0.412. The Morgan fingerprint density at radius 2 is 2.04 bits per heavy atom. The van der Waals surface area contributed by atoms with Gasteiger partial charge in [0, 0.05) is 6.04 Å². The quantitative estimate of drug-likeness (QED) is 0.817. The summed E-state index contributed by atoms with van der Waals surface area (Å²) >= 11 is 1.32. The second-order valence-electron chi connectivity index (χ2n) is 5.74. The molecule has 1 fully saturated rings. The van der Waals surface area contributed by atoms with Crippen LogP contribution in [0.2, 0.25) is 0 Å². The number of nitrogens with one attached hydrogen (secondary N) is 1. The zero-order chi connectivity index (χ0) is 16.2. The molecule has 2 aromatic rings. The number of para-hydroxylation sites is 1. The van der Waals surface area contributed by atoms with E-state index < -0.39 is 0 Å². The van der Waals surface area contributed by atoms with Crippen molar-refractivity contribution in [1.82, 2.24) is 4.98 Å². The lowest BCUT2D eigenvalue weighted by molar-refractivity contribution is 0.104. The number of aromatic nitrogens is 1. The topological polar surface area (TPSA) is 77.2 Å². The van der Waals surface area contributed by atoms with E-state index in [1.54, 1.807) is 19.2 Å². The lowest BCUT2D eigenvalue weighted by atomic mass is 9.96. The second-order valence-corrected chi connectivity index (χ2v) is 6.74. The number of rotatable bonds is 5. The molecule has 0 saturated heterocycles. The molecule has 5 nitrogen and oxygen atoms in total. The fourth-order valence-corrected chi connectivity index (χ4v) is 3.85. The van der Waals surface area contributed by atoms with Crippen LogP contribution in [0.5, 0.6) is 5.75 Å². The smallest absolute Gasteiger partial charge is 0.210 e. The number of thiazole rings is 1.